The van der Waals surface area contributed by atoms with Gasteiger partial charge in [-0.2, -0.15) is 10.1 Å². The number of nitrogens with one attached hydrogen (secondary N) is 2. The Morgan fingerprint density at radius 2 is 2.10 bits per heavy atom. The molecule has 4 heterocycles. The van der Waals surface area contributed by atoms with Crippen LogP contribution in [0, 0.1) is 12.8 Å². The third-order valence-corrected chi connectivity index (χ3v) is 5.86. The molecule has 2 aliphatic heterocycles. The van der Waals surface area contributed by atoms with E-state index in [1.807, 2.05) is 36.7 Å². The first-order valence-electron chi connectivity index (χ1n) is 10.3. The number of ether oxygens (including phenoxy) is 1. The van der Waals surface area contributed by atoms with Crippen LogP contribution in [0.2, 0.25) is 0 Å². The van der Waals surface area contributed by atoms with Crippen LogP contribution in [0.15, 0.2) is 12.4 Å². The van der Waals surface area contributed by atoms with Crippen LogP contribution < -0.4 is 15.5 Å². The number of rotatable bonds is 6. The minimum absolute atomic E-state index is 0.0411. The van der Waals surface area contributed by atoms with E-state index in [0.29, 0.717) is 18.2 Å². The molecule has 29 heavy (non-hydrogen) atoms. The highest BCUT2D eigenvalue weighted by atomic mass is 16.5. The Morgan fingerprint density at radius 3 is 2.90 bits per heavy atom. The van der Waals surface area contributed by atoms with Crippen LogP contribution in [-0.2, 0) is 22.6 Å². The maximum Gasteiger partial charge on any atom is 0.246 e. The number of anilines is 3. The summed E-state index contributed by atoms with van der Waals surface area (Å²) in [6.45, 7) is 7.04. The van der Waals surface area contributed by atoms with E-state index in [1.165, 1.54) is 0 Å². The van der Waals surface area contributed by atoms with Crippen molar-refractivity contribution in [1.29, 1.82) is 0 Å². The minimum Gasteiger partial charge on any atom is -0.381 e. The van der Waals surface area contributed by atoms with Crippen LogP contribution in [0.1, 0.15) is 37.4 Å². The molecule has 1 atom stereocenters. The van der Waals surface area contributed by atoms with Crippen LogP contribution in [-0.4, -0.2) is 52.0 Å². The van der Waals surface area contributed by atoms with Crippen LogP contribution in [0.4, 0.5) is 17.5 Å². The molecule has 0 unspecified atom stereocenters. The van der Waals surface area contributed by atoms with Gasteiger partial charge in [-0.3, -0.25) is 9.48 Å². The summed E-state index contributed by atoms with van der Waals surface area (Å²) >= 11 is 0. The predicted molar refractivity (Wildman–Crippen MR) is 111 cm³/mol. The highest BCUT2D eigenvalue weighted by molar-refractivity contribution is 6.03. The van der Waals surface area contributed by atoms with Crippen molar-refractivity contribution < 1.29 is 9.53 Å². The van der Waals surface area contributed by atoms with Crippen molar-refractivity contribution in [2.24, 2.45) is 5.92 Å². The molecular weight excluding hydrogens is 370 g/mol. The highest BCUT2D eigenvalue weighted by Crippen LogP contribution is 2.32. The van der Waals surface area contributed by atoms with Crippen molar-refractivity contribution in [1.82, 2.24) is 19.7 Å². The highest BCUT2D eigenvalue weighted by Gasteiger charge is 2.30. The molecule has 2 aromatic rings. The average molecular weight is 399 g/mol. The second-order valence-electron chi connectivity index (χ2n) is 7.92. The molecule has 1 saturated heterocycles. The number of aryl methyl sites for hydroxylation is 2. The predicted octanol–water partition coefficient (Wildman–Crippen LogP) is 2.19. The topological polar surface area (TPSA) is 97.2 Å². The van der Waals surface area contributed by atoms with Crippen LogP contribution in [0.5, 0.6) is 0 Å². The van der Waals surface area contributed by atoms with E-state index in [1.54, 1.807) is 0 Å². The van der Waals surface area contributed by atoms with Gasteiger partial charge in [0, 0.05) is 45.1 Å². The first kappa shape index (κ1) is 19.6. The molecule has 2 N–H and O–H groups in total. The van der Waals surface area contributed by atoms with Gasteiger partial charge in [-0.1, -0.05) is 0 Å². The van der Waals surface area contributed by atoms with E-state index in [4.69, 9.17) is 4.74 Å². The number of carbonyl (C=O) groups excluding carboxylic acids is 1. The Bertz CT molecular complexity index is 876. The summed E-state index contributed by atoms with van der Waals surface area (Å²) in [5.41, 5.74) is 2.52. The molecule has 0 radical (unpaired) electrons. The van der Waals surface area contributed by atoms with E-state index in [9.17, 15) is 4.79 Å². The van der Waals surface area contributed by atoms with Gasteiger partial charge in [0.05, 0.1) is 11.9 Å². The lowest BCUT2D eigenvalue weighted by Gasteiger charge is -2.32. The summed E-state index contributed by atoms with van der Waals surface area (Å²) in [5.74, 6) is 1.98. The Labute approximate surface area is 170 Å². The molecule has 4 rings (SSSR count). The standard InChI is InChI=1S/C20H29N7O2/c1-13-17-18(26(3)14(2)19(28)24-17)25-20(23-13)21-10-16-11-22-27(12-16)7-4-15-5-8-29-9-6-15/h11-12,14-15H,4-10H2,1-3H3,(H,24,28)(H,21,23,25)/t14-/m0/s1. The van der Waals surface area contributed by atoms with Crippen molar-refractivity contribution in [2.75, 3.05) is 35.8 Å². The van der Waals surface area contributed by atoms with Crippen molar-refractivity contribution >= 4 is 23.4 Å². The van der Waals surface area contributed by atoms with Gasteiger partial charge in [-0.25, -0.2) is 4.98 Å². The van der Waals surface area contributed by atoms with Gasteiger partial charge in [0.25, 0.3) is 0 Å². The number of fused-ring (bicyclic) bond motifs is 1. The van der Waals surface area contributed by atoms with Crippen LogP contribution in [0.25, 0.3) is 0 Å². The van der Waals surface area contributed by atoms with E-state index in [2.05, 4.69) is 31.9 Å². The fourth-order valence-corrected chi connectivity index (χ4v) is 3.78. The quantitative estimate of drug-likeness (QED) is 0.768. The smallest absolute Gasteiger partial charge is 0.246 e. The normalized spacial score (nSPS) is 19.8. The average Bonchev–Trinajstić information content (AvgIpc) is 3.19. The molecule has 2 aromatic heterocycles. The zero-order valence-corrected chi connectivity index (χ0v) is 17.3. The van der Waals surface area contributed by atoms with Gasteiger partial charge in [0.1, 0.15) is 11.7 Å². The molecule has 156 valence electrons. The Kier molecular flexibility index (Phi) is 5.66. The Morgan fingerprint density at radius 1 is 1.31 bits per heavy atom. The molecule has 2 aliphatic rings. The second kappa shape index (κ2) is 8.36. The molecule has 0 aliphatic carbocycles. The van der Waals surface area contributed by atoms with Crippen LogP contribution >= 0.6 is 0 Å². The van der Waals surface area contributed by atoms with E-state index in [0.717, 1.165) is 62.0 Å². The fourth-order valence-electron chi connectivity index (χ4n) is 3.78. The molecule has 0 spiro atoms. The lowest BCUT2D eigenvalue weighted by molar-refractivity contribution is -0.117. The SMILES string of the molecule is Cc1nc(NCc2cnn(CCC3CCOCC3)c2)nc2c1NC(=O)[C@H](C)N2C. The molecule has 1 fully saturated rings. The number of nitrogens with zero attached hydrogens (tertiary/aromatic N) is 5. The first-order chi connectivity index (χ1) is 14.0. The van der Waals surface area contributed by atoms with Crippen molar-refractivity contribution in [3.63, 3.8) is 0 Å². The number of hydrogen-bond acceptors (Lipinski definition) is 7. The minimum atomic E-state index is -0.265. The maximum absolute atomic E-state index is 12.0. The summed E-state index contributed by atoms with van der Waals surface area (Å²) in [7, 11) is 1.88. The Hall–Kier alpha value is -2.68. The zero-order chi connectivity index (χ0) is 20.4. The third kappa shape index (κ3) is 4.34. The lowest BCUT2D eigenvalue weighted by Crippen LogP contribution is -2.44. The number of hydrogen-bond donors (Lipinski definition) is 2. The van der Waals surface area contributed by atoms with Gasteiger partial charge < -0.3 is 20.3 Å². The maximum atomic E-state index is 12.0. The molecular formula is C20H29N7O2. The van der Waals surface area contributed by atoms with E-state index < -0.39 is 0 Å². The molecule has 1 amide bonds. The zero-order valence-electron chi connectivity index (χ0n) is 17.3. The fraction of sp³-hybridized carbons (Fsp3) is 0.600. The van der Waals surface area contributed by atoms with E-state index in [-0.39, 0.29) is 11.9 Å². The van der Waals surface area contributed by atoms with Gasteiger partial charge in [-0.15, -0.1) is 0 Å². The van der Waals surface area contributed by atoms with Gasteiger partial charge in [0.15, 0.2) is 5.82 Å². The second-order valence-corrected chi connectivity index (χ2v) is 7.92. The summed E-state index contributed by atoms with van der Waals surface area (Å²) < 4.78 is 7.43. The number of likely N-dealkylation sites (N-methyl/N-ethyl adjacent to an activating group) is 1. The molecule has 0 bridgehead atoms. The van der Waals surface area contributed by atoms with Gasteiger partial charge >= 0.3 is 0 Å². The summed E-state index contributed by atoms with van der Waals surface area (Å²) in [4.78, 5) is 23.0. The molecule has 9 heteroatoms. The van der Waals surface area contributed by atoms with Crippen LogP contribution in [0.3, 0.4) is 0 Å². The Balaban J connectivity index is 1.36. The molecule has 0 aromatic carbocycles. The first-order valence-corrected chi connectivity index (χ1v) is 10.3. The largest absolute Gasteiger partial charge is 0.381 e. The van der Waals surface area contributed by atoms with Crippen molar-refractivity contribution in [3.8, 4) is 0 Å². The third-order valence-electron chi connectivity index (χ3n) is 5.86. The lowest BCUT2D eigenvalue weighted by atomic mass is 9.97. The van der Waals surface area contributed by atoms with Crippen molar-refractivity contribution in [2.45, 2.75) is 52.2 Å². The number of aromatic nitrogens is 4. The monoisotopic (exact) mass is 399 g/mol. The summed E-state index contributed by atoms with van der Waals surface area (Å²) in [6.07, 6.45) is 7.40. The van der Waals surface area contributed by atoms with Gasteiger partial charge in [-0.05, 0) is 39.0 Å². The summed E-state index contributed by atoms with van der Waals surface area (Å²) in [6, 6.07) is -0.265. The summed E-state index contributed by atoms with van der Waals surface area (Å²) in [5, 5.41) is 10.7. The molecule has 0 saturated carbocycles. The van der Waals surface area contributed by atoms with E-state index >= 15 is 0 Å². The number of carbonyl (C=O) groups is 1. The van der Waals surface area contributed by atoms with Crippen molar-refractivity contribution in [3.05, 3.63) is 23.7 Å². The van der Waals surface area contributed by atoms with Gasteiger partial charge in [0.2, 0.25) is 11.9 Å². The molecule has 9 nitrogen and oxygen atoms in total. The number of amides is 1.